The first-order chi connectivity index (χ1) is 6.50. The van der Waals surface area contributed by atoms with Crippen molar-refractivity contribution in [3.8, 4) is 0 Å². The molecule has 2 unspecified atom stereocenters. The summed E-state index contributed by atoms with van der Waals surface area (Å²) in [6.45, 7) is 6.74. The Hall–Kier alpha value is -0.610. The number of nitrogens with two attached hydrogens (primary N) is 1. The second-order valence-corrected chi connectivity index (χ2v) is 4.34. The predicted octanol–water partition coefficient (Wildman–Crippen LogP) is -0.114. The Morgan fingerprint density at radius 2 is 2.29 bits per heavy atom. The standard InChI is InChI=1S/C10H21N3O/c1-8(11)6-13-5-4-10(14)12(3)9(2)7-13/h8-9H,4-7,11H2,1-3H3. The zero-order valence-electron chi connectivity index (χ0n) is 9.36. The van der Waals surface area contributed by atoms with E-state index in [-0.39, 0.29) is 11.9 Å². The molecule has 1 aliphatic rings. The largest absolute Gasteiger partial charge is 0.342 e. The summed E-state index contributed by atoms with van der Waals surface area (Å²) in [7, 11) is 1.88. The molecule has 0 aromatic rings. The van der Waals surface area contributed by atoms with Crippen molar-refractivity contribution >= 4 is 5.91 Å². The van der Waals surface area contributed by atoms with E-state index in [1.807, 2.05) is 18.9 Å². The van der Waals surface area contributed by atoms with Gasteiger partial charge in [0.05, 0.1) is 0 Å². The third kappa shape index (κ3) is 2.96. The number of carbonyl (C=O) groups excluding carboxylic acids is 1. The molecule has 0 bridgehead atoms. The fourth-order valence-corrected chi connectivity index (χ4v) is 1.84. The molecule has 1 saturated heterocycles. The van der Waals surface area contributed by atoms with Gasteiger partial charge < -0.3 is 10.6 Å². The van der Waals surface area contributed by atoms with E-state index in [4.69, 9.17) is 5.73 Å². The van der Waals surface area contributed by atoms with Crippen LogP contribution in [0.2, 0.25) is 0 Å². The van der Waals surface area contributed by atoms with Gasteiger partial charge in [0.15, 0.2) is 0 Å². The Morgan fingerprint density at radius 1 is 1.64 bits per heavy atom. The van der Waals surface area contributed by atoms with E-state index in [2.05, 4.69) is 11.8 Å². The molecule has 0 spiro atoms. The molecule has 0 aromatic heterocycles. The maximum Gasteiger partial charge on any atom is 0.223 e. The fourth-order valence-electron chi connectivity index (χ4n) is 1.84. The quantitative estimate of drug-likeness (QED) is 0.675. The minimum atomic E-state index is 0.181. The third-order valence-electron chi connectivity index (χ3n) is 2.77. The van der Waals surface area contributed by atoms with Gasteiger partial charge in [0, 0.05) is 45.2 Å². The average Bonchev–Trinajstić information content (AvgIpc) is 2.19. The van der Waals surface area contributed by atoms with Crippen LogP contribution in [0.25, 0.3) is 0 Å². The van der Waals surface area contributed by atoms with Gasteiger partial charge in [0.25, 0.3) is 0 Å². The SMILES string of the molecule is CC(N)CN1CCC(=O)N(C)C(C)C1. The minimum absolute atomic E-state index is 0.181. The van der Waals surface area contributed by atoms with Gasteiger partial charge in [-0.3, -0.25) is 9.69 Å². The first kappa shape index (κ1) is 11.5. The van der Waals surface area contributed by atoms with Gasteiger partial charge in [0.1, 0.15) is 0 Å². The summed E-state index contributed by atoms with van der Waals surface area (Å²) in [6, 6.07) is 0.476. The number of likely N-dealkylation sites (N-methyl/N-ethyl adjacent to an activating group) is 1. The molecular weight excluding hydrogens is 178 g/mol. The maximum absolute atomic E-state index is 11.5. The van der Waals surface area contributed by atoms with E-state index in [1.54, 1.807) is 0 Å². The highest BCUT2D eigenvalue weighted by molar-refractivity contribution is 5.76. The highest BCUT2D eigenvalue weighted by Gasteiger charge is 2.23. The molecule has 1 fully saturated rings. The lowest BCUT2D eigenvalue weighted by molar-refractivity contribution is -0.130. The van der Waals surface area contributed by atoms with Gasteiger partial charge in [-0.1, -0.05) is 0 Å². The van der Waals surface area contributed by atoms with Crippen LogP contribution < -0.4 is 5.73 Å². The van der Waals surface area contributed by atoms with E-state index < -0.39 is 0 Å². The lowest BCUT2D eigenvalue weighted by Gasteiger charge is -2.26. The topological polar surface area (TPSA) is 49.6 Å². The highest BCUT2D eigenvalue weighted by atomic mass is 16.2. The van der Waals surface area contributed by atoms with Gasteiger partial charge in [-0.05, 0) is 13.8 Å². The molecule has 0 aromatic carbocycles. The first-order valence-corrected chi connectivity index (χ1v) is 5.24. The Morgan fingerprint density at radius 3 is 2.86 bits per heavy atom. The van der Waals surface area contributed by atoms with Gasteiger partial charge in [-0.15, -0.1) is 0 Å². The number of nitrogens with zero attached hydrogens (tertiary/aromatic N) is 2. The highest BCUT2D eigenvalue weighted by Crippen LogP contribution is 2.08. The van der Waals surface area contributed by atoms with Gasteiger partial charge in [-0.2, -0.15) is 0 Å². The summed E-state index contributed by atoms with van der Waals surface area (Å²) in [4.78, 5) is 15.6. The number of rotatable bonds is 2. The van der Waals surface area contributed by atoms with E-state index in [9.17, 15) is 4.79 Å². The first-order valence-electron chi connectivity index (χ1n) is 5.24. The lowest BCUT2D eigenvalue weighted by Crippen LogP contribution is -2.41. The van der Waals surface area contributed by atoms with Crippen LogP contribution in [-0.2, 0) is 4.79 Å². The normalized spacial score (nSPS) is 27.6. The molecule has 2 N–H and O–H groups in total. The van der Waals surface area contributed by atoms with Crippen LogP contribution in [0.3, 0.4) is 0 Å². The van der Waals surface area contributed by atoms with Crippen molar-refractivity contribution in [3.05, 3.63) is 0 Å². The molecule has 4 heteroatoms. The molecule has 0 aliphatic carbocycles. The van der Waals surface area contributed by atoms with Crippen molar-refractivity contribution < 1.29 is 4.79 Å². The summed E-state index contributed by atoms with van der Waals surface area (Å²) in [5.41, 5.74) is 5.75. The summed E-state index contributed by atoms with van der Waals surface area (Å²) < 4.78 is 0. The van der Waals surface area contributed by atoms with Crippen molar-refractivity contribution in [2.24, 2.45) is 5.73 Å². The number of carbonyl (C=O) groups is 1. The zero-order valence-corrected chi connectivity index (χ0v) is 9.36. The van der Waals surface area contributed by atoms with E-state index in [0.717, 1.165) is 19.6 Å². The Bertz CT molecular complexity index is 206. The molecule has 4 nitrogen and oxygen atoms in total. The van der Waals surface area contributed by atoms with Gasteiger partial charge in [0.2, 0.25) is 5.91 Å². The average molecular weight is 199 g/mol. The van der Waals surface area contributed by atoms with Crippen LogP contribution in [0, 0.1) is 0 Å². The fraction of sp³-hybridized carbons (Fsp3) is 0.900. The Balaban J connectivity index is 2.54. The minimum Gasteiger partial charge on any atom is -0.342 e. The maximum atomic E-state index is 11.5. The summed E-state index contributed by atoms with van der Waals surface area (Å²) in [6.07, 6.45) is 0.619. The molecule has 1 heterocycles. The molecule has 1 aliphatic heterocycles. The Labute approximate surface area is 86.0 Å². The molecule has 0 saturated carbocycles. The molecule has 0 radical (unpaired) electrons. The smallest absolute Gasteiger partial charge is 0.223 e. The predicted molar refractivity (Wildman–Crippen MR) is 56.9 cm³/mol. The molecule has 1 rings (SSSR count). The van der Waals surface area contributed by atoms with Crippen molar-refractivity contribution in [1.29, 1.82) is 0 Å². The lowest BCUT2D eigenvalue weighted by atomic mass is 10.2. The summed E-state index contributed by atoms with van der Waals surface area (Å²) in [5, 5.41) is 0. The van der Waals surface area contributed by atoms with Crippen LogP contribution in [0.1, 0.15) is 20.3 Å². The van der Waals surface area contributed by atoms with Crippen LogP contribution in [0.15, 0.2) is 0 Å². The number of hydrogen-bond acceptors (Lipinski definition) is 3. The van der Waals surface area contributed by atoms with E-state index in [1.165, 1.54) is 0 Å². The Kier molecular flexibility index (Phi) is 3.89. The van der Waals surface area contributed by atoms with Crippen molar-refractivity contribution in [2.45, 2.75) is 32.4 Å². The van der Waals surface area contributed by atoms with Crippen LogP contribution >= 0.6 is 0 Å². The van der Waals surface area contributed by atoms with Crippen molar-refractivity contribution in [3.63, 3.8) is 0 Å². The van der Waals surface area contributed by atoms with Gasteiger partial charge >= 0.3 is 0 Å². The summed E-state index contributed by atoms with van der Waals surface area (Å²) in [5.74, 6) is 0.240. The van der Waals surface area contributed by atoms with Crippen LogP contribution in [0.4, 0.5) is 0 Å². The molecule has 14 heavy (non-hydrogen) atoms. The molecule has 2 atom stereocenters. The van der Waals surface area contributed by atoms with E-state index >= 15 is 0 Å². The second kappa shape index (κ2) is 4.75. The van der Waals surface area contributed by atoms with Crippen LogP contribution in [0.5, 0.6) is 0 Å². The number of amides is 1. The second-order valence-electron chi connectivity index (χ2n) is 4.34. The van der Waals surface area contributed by atoms with Crippen molar-refractivity contribution in [2.75, 3.05) is 26.7 Å². The van der Waals surface area contributed by atoms with Gasteiger partial charge in [-0.25, -0.2) is 0 Å². The van der Waals surface area contributed by atoms with Crippen molar-refractivity contribution in [1.82, 2.24) is 9.80 Å². The monoisotopic (exact) mass is 199 g/mol. The van der Waals surface area contributed by atoms with Crippen LogP contribution in [-0.4, -0.2) is 54.5 Å². The van der Waals surface area contributed by atoms with E-state index in [0.29, 0.717) is 12.5 Å². The molecule has 1 amide bonds. The summed E-state index contributed by atoms with van der Waals surface area (Å²) >= 11 is 0. The molecule has 82 valence electrons. The number of hydrogen-bond donors (Lipinski definition) is 1. The zero-order chi connectivity index (χ0) is 10.7. The molecular formula is C10H21N3O. The third-order valence-corrected chi connectivity index (χ3v) is 2.77.